The lowest BCUT2D eigenvalue weighted by molar-refractivity contribution is 0.0697. The van der Waals surface area contributed by atoms with Gasteiger partial charge in [0.25, 0.3) is 5.91 Å². The fourth-order valence-corrected chi connectivity index (χ4v) is 2.33. The van der Waals surface area contributed by atoms with Crippen LogP contribution in [0.2, 0.25) is 0 Å². The van der Waals surface area contributed by atoms with Crippen LogP contribution in [0.5, 0.6) is 0 Å². The minimum atomic E-state index is -1.05. The number of carbonyl (C=O) groups excluding carboxylic acids is 1. The van der Waals surface area contributed by atoms with Gasteiger partial charge in [0.05, 0.1) is 22.5 Å². The zero-order chi connectivity index (χ0) is 18.5. The van der Waals surface area contributed by atoms with Crippen LogP contribution >= 0.6 is 12.4 Å². The number of carboxylic acid groups (broad SMARTS) is 1. The second-order valence-electron chi connectivity index (χ2n) is 5.28. The number of aromatic carboxylic acids is 1. The maximum absolute atomic E-state index is 11.5. The minimum absolute atomic E-state index is 0. The molecule has 8 nitrogen and oxygen atoms in total. The summed E-state index contributed by atoms with van der Waals surface area (Å²) in [7, 11) is 0. The summed E-state index contributed by atoms with van der Waals surface area (Å²) in [6, 6.07) is 14.8. The highest BCUT2D eigenvalue weighted by Crippen LogP contribution is 2.22. The number of halogens is 1. The van der Waals surface area contributed by atoms with Crippen molar-refractivity contribution in [1.82, 2.24) is 9.97 Å². The lowest BCUT2D eigenvalue weighted by Gasteiger charge is -2.11. The summed E-state index contributed by atoms with van der Waals surface area (Å²) in [5.74, 6) is -0.988. The Bertz CT molecular complexity index is 906. The van der Waals surface area contributed by atoms with Crippen molar-refractivity contribution in [2.75, 3.05) is 10.6 Å². The third-order valence-electron chi connectivity index (χ3n) is 3.51. The molecule has 0 spiro atoms. The molecule has 0 aliphatic heterocycles. The molecule has 1 aromatic heterocycles. The van der Waals surface area contributed by atoms with E-state index in [2.05, 4.69) is 20.6 Å². The number of nitrogens with two attached hydrogens (primary N) is 1. The number of rotatable bonds is 6. The second-order valence-corrected chi connectivity index (χ2v) is 5.28. The van der Waals surface area contributed by atoms with E-state index in [0.29, 0.717) is 22.8 Å². The number of aromatic nitrogens is 2. The number of anilines is 4. The largest absolute Gasteiger partial charge is 0.478 e. The molecule has 0 atom stereocenters. The predicted molar refractivity (Wildman–Crippen MR) is 104 cm³/mol. The van der Waals surface area contributed by atoms with Gasteiger partial charge in [-0.1, -0.05) is 24.3 Å². The van der Waals surface area contributed by atoms with Gasteiger partial charge in [0.1, 0.15) is 5.82 Å². The second kappa shape index (κ2) is 8.63. The van der Waals surface area contributed by atoms with Crippen LogP contribution in [0, 0.1) is 0 Å². The van der Waals surface area contributed by atoms with Crippen LogP contribution in [0.3, 0.4) is 0 Å². The van der Waals surface area contributed by atoms with Gasteiger partial charge in [0.15, 0.2) is 0 Å². The van der Waals surface area contributed by atoms with Gasteiger partial charge in [-0.15, -0.1) is 12.4 Å². The molecule has 0 bridgehead atoms. The number of carboxylic acids is 1. The number of primary amides is 1. The summed E-state index contributed by atoms with van der Waals surface area (Å²) >= 11 is 0. The number of nitrogens with zero attached hydrogens (tertiary/aromatic N) is 2. The van der Waals surface area contributed by atoms with Crippen molar-refractivity contribution in [3.05, 3.63) is 71.9 Å². The highest BCUT2D eigenvalue weighted by molar-refractivity contribution is 5.99. The Hall–Kier alpha value is -3.65. The summed E-state index contributed by atoms with van der Waals surface area (Å²) < 4.78 is 0. The standard InChI is InChI=1S/C18H15N5O3.ClH/c19-16(24)11-5-1-3-7-13(11)22-18-20-10-9-15(23-18)21-14-8-4-2-6-12(14)17(25)26;/h1-10H,(H2,19,24)(H,25,26)(H2,20,21,22,23);1H. The first-order chi connectivity index (χ1) is 12.5. The molecular weight excluding hydrogens is 370 g/mol. The maximum Gasteiger partial charge on any atom is 0.337 e. The van der Waals surface area contributed by atoms with Crippen LogP contribution in [0.4, 0.5) is 23.1 Å². The highest BCUT2D eigenvalue weighted by atomic mass is 35.5. The smallest absolute Gasteiger partial charge is 0.337 e. The first-order valence-electron chi connectivity index (χ1n) is 7.63. The Balaban J connectivity index is 0.00000261. The molecule has 2 aromatic carbocycles. The summed E-state index contributed by atoms with van der Waals surface area (Å²) in [6.45, 7) is 0. The van der Waals surface area contributed by atoms with E-state index in [-0.39, 0.29) is 23.9 Å². The fraction of sp³-hybridized carbons (Fsp3) is 0. The van der Waals surface area contributed by atoms with Crippen LogP contribution < -0.4 is 16.4 Å². The Morgan fingerprint density at radius 2 is 1.48 bits per heavy atom. The molecule has 0 unspecified atom stereocenters. The van der Waals surface area contributed by atoms with Crippen molar-refractivity contribution in [2.45, 2.75) is 0 Å². The molecule has 27 heavy (non-hydrogen) atoms. The van der Waals surface area contributed by atoms with Crippen LogP contribution in [0.15, 0.2) is 60.8 Å². The number of benzene rings is 2. The van der Waals surface area contributed by atoms with Crippen molar-refractivity contribution < 1.29 is 14.7 Å². The molecule has 9 heteroatoms. The first-order valence-corrected chi connectivity index (χ1v) is 7.63. The average molecular weight is 386 g/mol. The Kier molecular flexibility index (Phi) is 6.29. The van der Waals surface area contributed by atoms with Gasteiger partial charge in [-0.2, -0.15) is 4.98 Å². The molecule has 0 saturated heterocycles. The third kappa shape index (κ3) is 4.71. The lowest BCUT2D eigenvalue weighted by Crippen LogP contribution is -2.13. The average Bonchev–Trinajstić information content (AvgIpc) is 2.62. The van der Waals surface area contributed by atoms with Gasteiger partial charge in [-0.25, -0.2) is 9.78 Å². The summed E-state index contributed by atoms with van der Waals surface area (Å²) in [4.78, 5) is 31.2. The Morgan fingerprint density at radius 1 is 0.889 bits per heavy atom. The molecule has 0 aliphatic rings. The maximum atomic E-state index is 11.5. The van der Waals surface area contributed by atoms with E-state index in [0.717, 1.165) is 0 Å². The molecule has 1 heterocycles. The third-order valence-corrected chi connectivity index (χ3v) is 3.51. The van der Waals surface area contributed by atoms with Gasteiger partial charge >= 0.3 is 5.97 Å². The number of hydrogen-bond acceptors (Lipinski definition) is 6. The molecular formula is C18H16ClN5O3. The number of amides is 1. The normalized spacial score (nSPS) is 9.78. The number of hydrogen-bond donors (Lipinski definition) is 4. The van der Waals surface area contributed by atoms with E-state index in [9.17, 15) is 14.7 Å². The summed E-state index contributed by atoms with van der Waals surface area (Å²) in [5.41, 5.74) is 6.67. The van der Waals surface area contributed by atoms with Crippen molar-refractivity contribution >= 4 is 47.4 Å². The van der Waals surface area contributed by atoms with E-state index in [1.165, 1.54) is 12.3 Å². The Labute approximate surface area is 160 Å². The molecule has 3 aromatic rings. The molecule has 0 saturated carbocycles. The molecule has 5 N–H and O–H groups in total. The van der Waals surface area contributed by atoms with Crippen LogP contribution in [0.1, 0.15) is 20.7 Å². The molecule has 0 aliphatic carbocycles. The van der Waals surface area contributed by atoms with E-state index in [4.69, 9.17) is 5.73 Å². The van der Waals surface area contributed by atoms with Gasteiger partial charge in [0, 0.05) is 6.20 Å². The molecule has 3 rings (SSSR count). The monoisotopic (exact) mass is 385 g/mol. The van der Waals surface area contributed by atoms with Gasteiger partial charge in [0.2, 0.25) is 5.95 Å². The van der Waals surface area contributed by atoms with E-state index in [1.807, 2.05) is 0 Å². The topological polar surface area (TPSA) is 130 Å². The van der Waals surface area contributed by atoms with Crippen molar-refractivity contribution in [3.8, 4) is 0 Å². The zero-order valence-electron chi connectivity index (χ0n) is 13.9. The molecule has 0 fully saturated rings. The molecule has 0 radical (unpaired) electrons. The summed E-state index contributed by atoms with van der Waals surface area (Å²) in [5, 5.41) is 15.1. The van der Waals surface area contributed by atoms with Crippen LogP contribution in [0.25, 0.3) is 0 Å². The Morgan fingerprint density at radius 3 is 2.11 bits per heavy atom. The van der Waals surface area contributed by atoms with Crippen molar-refractivity contribution in [2.24, 2.45) is 5.73 Å². The SMILES string of the molecule is Cl.NC(=O)c1ccccc1Nc1nccc(Nc2ccccc2C(=O)O)n1. The quantitative estimate of drug-likeness (QED) is 0.512. The van der Waals surface area contributed by atoms with Gasteiger partial charge in [-0.3, -0.25) is 4.79 Å². The van der Waals surface area contributed by atoms with E-state index < -0.39 is 11.9 Å². The molecule has 1 amide bonds. The minimum Gasteiger partial charge on any atom is -0.478 e. The lowest BCUT2D eigenvalue weighted by atomic mass is 10.1. The van der Waals surface area contributed by atoms with Gasteiger partial charge in [-0.05, 0) is 30.3 Å². The number of carbonyl (C=O) groups is 2. The first kappa shape index (κ1) is 19.7. The van der Waals surface area contributed by atoms with Crippen LogP contribution in [-0.2, 0) is 0 Å². The number of nitrogens with one attached hydrogen (secondary N) is 2. The predicted octanol–water partition coefficient (Wildman–Crippen LogP) is 3.18. The van der Waals surface area contributed by atoms with Crippen LogP contribution in [-0.4, -0.2) is 27.0 Å². The van der Waals surface area contributed by atoms with E-state index >= 15 is 0 Å². The molecule has 138 valence electrons. The number of para-hydroxylation sites is 2. The van der Waals surface area contributed by atoms with E-state index in [1.54, 1.807) is 48.5 Å². The van der Waals surface area contributed by atoms with Gasteiger partial charge < -0.3 is 21.5 Å². The highest BCUT2D eigenvalue weighted by Gasteiger charge is 2.11. The zero-order valence-corrected chi connectivity index (χ0v) is 14.7. The van der Waals surface area contributed by atoms with Crippen molar-refractivity contribution in [1.29, 1.82) is 0 Å². The summed E-state index contributed by atoms with van der Waals surface area (Å²) in [6.07, 6.45) is 1.51. The van der Waals surface area contributed by atoms with Crippen molar-refractivity contribution in [3.63, 3.8) is 0 Å². The fourth-order valence-electron chi connectivity index (χ4n) is 2.33.